The molecule has 2 heterocycles. The Bertz CT molecular complexity index is 876. The molecule has 4 rings (SSSR count). The normalized spacial score (nSPS) is 17.2. The van der Waals surface area contributed by atoms with Gasteiger partial charge in [0.1, 0.15) is 0 Å². The van der Waals surface area contributed by atoms with E-state index in [1.165, 1.54) is 24.0 Å². The minimum atomic E-state index is 0.313. The van der Waals surface area contributed by atoms with E-state index < -0.39 is 0 Å². The van der Waals surface area contributed by atoms with Gasteiger partial charge in [0.2, 0.25) is 0 Å². The van der Waals surface area contributed by atoms with Gasteiger partial charge in [0.15, 0.2) is 0 Å². The minimum Gasteiger partial charge on any atom is -0.309 e. The van der Waals surface area contributed by atoms with Gasteiger partial charge in [-0.3, -0.25) is 4.98 Å². The third-order valence-electron chi connectivity index (χ3n) is 5.11. The molecule has 1 aliphatic heterocycles. The highest BCUT2D eigenvalue weighted by Gasteiger charge is 2.19. The molecular formula is C23H25N3. The standard InChI is InChI=1S/C23H25N3/c1-16-6-10-18(11-7-16)22-23(19-12-8-17(2)9-13-19)26-21(15-25-22)20-5-3-4-14-24-20/h6-13,15,20,24H,3-5,14H2,1-2H3. The van der Waals surface area contributed by atoms with Crippen molar-refractivity contribution in [2.24, 2.45) is 0 Å². The molecule has 1 N–H and O–H groups in total. The Hall–Kier alpha value is -2.52. The highest BCUT2D eigenvalue weighted by Crippen LogP contribution is 2.31. The zero-order valence-electron chi connectivity index (χ0n) is 15.5. The average molecular weight is 343 g/mol. The summed E-state index contributed by atoms with van der Waals surface area (Å²) in [4.78, 5) is 9.92. The van der Waals surface area contributed by atoms with Crippen molar-refractivity contribution in [3.63, 3.8) is 0 Å². The highest BCUT2D eigenvalue weighted by atomic mass is 15.0. The van der Waals surface area contributed by atoms with Gasteiger partial charge < -0.3 is 5.32 Å². The van der Waals surface area contributed by atoms with Gasteiger partial charge in [-0.05, 0) is 33.2 Å². The number of hydrogen-bond donors (Lipinski definition) is 1. The second-order valence-corrected chi connectivity index (χ2v) is 7.23. The van der Waals surface area contributed by atoms with E-state index >= 15 is 0 Å². The van der Waals surface area contributed by atoms with Crippen LogP contribution in [0.1, 0.15) is 42.1 Å². The largest absolute Gasteiger partial charge is 0.309 e. The van der Waals surface area contributed by atoms with Crippen LogP contribution in [0.5, 0.6) is 0 Å². The number of rotatable bonds is 3. The minimum absolute atomic E-state index is 0.313. The average Bonchev–Trinajstić information content (AvgIpc) is 2.70. The Labute approximate surface area is 155 Å². The Morgan fingerprint density at radius 2 is 1.42 bits per heavy atom. The van der Waals surface area contributed by atoms with Crippen molar-refractivity contribution in [1.29, 1.82) is 0 Å². The number of piperidine rings is 1. The molecule has 3 nitrogen and oxygen atoms in total. The summed E-state index contributed by atoms with van der Waals surface area (Å²) in [7, 11) is 0. The van der Waals surface area contributed by atoms with Gasteiger partial charge in [0, 0.05) is 11.1 Å². The van der Waals surface area contributed by atoms with Crippen LogP contribution in [0.25, 0.3) is 22.5 Å². The van der Waals surface area contributed by atoms with E-state index in [0.29, 0.717) is 6.04 Å². The lowest BCUT2D eigenvalue weighted by molar-refractivity contribution is 0.405. The summed E-state index contributed by atoms with van der Waals surface area (Å²) in [6.45, 7) is 5.28. The second kappa shape index (κ2) is 7.38. The van der Waals surface area contributed by atoms with Gasteiger partial charge in [0.05, 0.1) is 29.3 Å². The number of aryl methyl sites for hydroxylation is 2. The molecule has 132 valence electrons. The topological polar surface area (TPSA) is 37.8 Å². The molecule has 1 atom stereocenters. The third-order valence-corrected chi connectivity index (χ3v) is 5.11. The fourth-order valence-corrected chi connectivity index (χ4v) is 3.51. The summed E-state index contributed by atoms with van der Waals surface area (Å²) in [6.07, 6.45) is 5.58. The molecule has 0 amide bonds. The molecule has 2 aromatic carbocycles. The molecule has 1 aromatic heterocycles. The van der Waals surface area contributed by atoms with Gasteiger partial charge >= 0.3 is 0 Å². The maximum Gasteiger partial charge on any atom is 0.0969 e. The number of nitrogens with one attached hydrogen (secondary N) is 1. The molecule has 1 aliphatic rings. The lowest BCUT2D eigenvalue weighted by Gasteiger charge is -2.23. The van der Waals surface area contributed by atoms with Gasteiger partial charge in [0.25, 0.3) is 0 Å². The lowest BCUT2D eigenvalue weighted by atomic mass is 9.99. The number of hydrogen-bond acceptors (Lipinski definition) is 3. The second-order valence-electron chi connectivity index (χ2n) is 7.23. The SMILES string of the molecule is Cc1ccc(-c2ncc(C3CCCCN3)nc2-c2ccc(C)cc2)cc1. The van der Waals surface area contributed by atoms with Crippen LogP contribution in [-0.2, 0) is 0 Å². The molecule has 26 heavy (non-hydrogen) atoms. The van der Waals surface area contributed by atoms with E-state index in [-0.39, 0.29) is 0 Å². The first-order chi connectivity index (χ1) is 12.7. The van der Waals surface area contributed by atoms with E-state index in [0.717, 1.165) is 41.2 Å². The van der Waals surface area contributed by atoms with Gasteiger partial charge in [-0.1, -0.05) is 66.1 Å². The molecule has 0 saturated carbocycles. The van der Waals surface area contributed by atoms with Gasteiger partial charge in [-0.25, -0.2) is 4.98 Å². The van der Waals surface area contributed by atoms with Crippen LogP contribution < -0.4 is 5.32 Å². The van der Waals surface area contributed by atoms with Crippen molar-refractivity contribution in [2.45, 2.75) is 39.2 Å². The van der Waals surface area contributed by atoms with Crippen LogP contribution in [-0.4, -0.2) is 16.5 Å². The van der Waals surface area contributed by atoms with Gasteiger partial charge in [-0.15, -0.1) is 0 Å². The molecule has 3 aromatic rings. The van der Waals surface area contributed by atoms with Crippen molar-refractivity contribution in [3.8, 4) is 22.5 Å². The smallest absolute Gasteiger partial charge is 0.0969 e. The number of benzene rings is 2. The Kier molecular flexibility index (Phi) is 4.81. The zero-order valence-corrected chi connectivity index (χ0v) is 15.5. The first-order valence-electron chi connectivity index (χ1n) is 9.45. The first kappa shape index (κ1) is 16.9. The quantitative estimate of drug-likeness (QED) is 0.706. The monoisotopic (exact) mass is 343 g/mol. The number of aromatic nitrogens is 2. The maximum absolute atomic E-state index is 5.07. The van der Waals surface area contributed by atoms with Gasteiger partial charge in [-0.2, -0.15) is 0 Å². The predicted molar refractivity (Wildman–Crippen MR) is 107 cm³/mol. The highest BCUT2D eigenvalue weighted by molar-refractivity contribution is 5.78. The summed E-state index contributed by atoms with van der Waals surface area (Å²) in [6, 6.07) is 17.4. The van der Waals surface area contributed by atoms with E-state index in [2.05, 4.69) is 67.7 Å². The number of nitrogens with zero attached hydrogens (tertiary/aromatic N) is 2. The fraction of sp³-hybridized carbons (Fsp3) is 0.304. The van der Waals surface area contributed by atoms with E-state index in [1.54, 1.807) is 0 Å². The molecule has 1 saturated heterocycles. The van der Waals surface area contributed by atoms with Crippen LogP contribution in [0, 0.1) is 13.8 Å². The summed E-state index contributed by atoms with van der Waals surface area (Å²) in [5, 5.41) is 3.59. The first-order valence-corrected chi connectivity index (χ1v) is 9.45. The van der Waals surface area contributed by atoms with Crippen LogP contribution in [0.2, 0.25) is 0 Å². The van der Waals surface area contributed by atoms with Crippen molar-refractivity contribution >= 4 is 0 Å². The predicted octanol–water partition coefficient (Wildman–Crippen LogP) is 5.24. The molecule has 0 spiro atoms. The van der Waals surface area contributed by atoms with Crippen molar-refractivity contribution in [1.82, 2.24) is 15.3 Å². The van der Waals surface area contributed by atoms with Crippen LogP contribution in [0.3, 0.4) is 0 Å². The fourth-order valence-electron chi connectivity index (χ4n) is 3.51. The molecule has 1 unspecified atom stereocenters. The van der Waals surface area contributed by atoms with Crippen molar-refractivity contribution in [2.75, 3.05) is 6.54 Å². The summed E-state index contributed by atoms with van der Waals surface area (Å²) >= 11 is 0. The van der Waals surface area contributed by atoms with E-state index in [1.807, 2.05) is 6.20 Å². The summed E-state index contributed by atoms with van der Waals surface area (Å²) in [5.41, 5.74) is 7.71. The molecule has 3 heteroatoms. The lowest BCUT2D eigenvalue weighted by Crippen LogP contribution is -2.27. The molecule has 0 aliphatic carbocycles. The molecule has 0 radical (unpaired) electrons. The Morgan fingerprint density at radius 1 is 0.808 bits per heavy atom. The van der Waals surface area contributed by atoms with E-state index in [4.69, 9.17) is 9.97 Å². The zero-order chi connectivity index (χ0) is 17.9. The van der Waals surface area contributed by atoms with Crippen LogP contribution >= 0.6 is 0 Å². The Morgan fingerprint density at radius 3 is 2.00 bits per heavy atom. The van der Waals surface area contributed by atoms with E-state index in [9.17, 15) is 0 Å². The summed E-state index contributed by atoms with van der Waals surface area (Å²) < 4.78 is 0. The maximum atomic E-state index is 5.07. The van der Waals surface area contributed by atoms with Crippen LogP contribution in [0.4, 0.5) is 0 Å². The Balaban J connectivity index is 1.82. The molecule has 1 fully saturated rings. The van der Waals surface area contributed by atoms with Crippen molar-refractivity contribution in [3.05, 3.63) is 71.5 Å². The van der Waals surface area contributed by atoms with Crippen molar-refractivity contribution < 1.29 is 0 Å². The van der Waals surface area contributed by atoms with Crippen LogP contribution in [0.15, 0.2) is 54.7 Å². The summed E-state index contributed by atoms with van der Waals surface area (Å²) in [5.74, 6) is 0. The molecule has 0 bridgehead atoms. The molecular weight excluding hydrogens is 318 g/mol. The third kappa shape index (κ3) is 3.54.